The van der Waals surface area contributed by atoms with E-state index in [1.165, 1.54) is 0 Å². The highest BCUT2D eigenvalue weighted by molar-refractivity contribution is 7.89. The zero-order valence-electron chi connectivity index (χ0n) is 10.9. The predicted molar refractivity (Wildman–Crippen MR) is 71.4 cm³/mol. The first-order valence-electron chi connectivity index (χ1n) is 5.88. The first-order chi connectivity index (χ1) is 7.87. The Bertz CT molecular complexity index is 325. The minimum absolute atomic E-state index is 0.110. The van der Waals surface area contributed by atoms with Gasteiger partial charge in [-0.25, -0.2) is 13.1 Å². The van der Waals surface area contributed by atoms with E-state index < -0.39 is 10.0 Å². The Labute approximate surface area is 104 Å². The molecule has 0 aliphatic rings. The molecule has 0 aromatic rings. The van der Waals surface area contributed by atoms with Crippen LogP contribution in [0.4, 0.5) is 0 Å². The maximum absolute atomic E-state index is 11.1. The van der Waals surface area contributed by atoms with Gasteiger partial charge in [0.2, 0.25) is 10.0 Å². The van der Waals surface area contributed by atoms with Crippen molar-refractivity contribution in [1.82, 2.24) is 10.0 Å². The molecule has 0 aromatic heterocycles. The zero-order valence-corrected chi connectivity index (χ0v) is 11.7. The maximum Gasteiger partial charge on any atom is 0.211 e. The molecular weight excluding hydrogens is 240 g/mol. The lowest BCUT2D eigenvalue weighted by molar-refractivity contribution is 0.579. The number of rotatable bonds is 8. The molecule has 0 saturated heterocycles. The first-order valence-corrected chi connectivity index (χ1v) is 7.53. The van der Waals surface area contributed by atoms with Crippen LogP contribution in [0.5, 0.6) is 0 Å². The number of nitrogens with zero attached hydrogens (tertiary/aromatic N) is 1. The molecule has 0 unspecified atom stereocenters. The molecule has 0 atom stereocenters. The van der Waals surface area contributed by atoms with Gasteiger partial charge in [0.1, 0.15) is 0 Å². The van der Waals surface area contributed by atoms with Gasteiger partial charge in [0.05, 0.1) is 5.75 Å². The lowest BCUT2D eigenvalue weighted by Gasteiger charge is -2.07. The Balaban J connectivity index is 3.62. The van der Waals surface area contributed by atoms with E-state index in [4.69, 9.17) is 5.73 Å². The van der Waals surface area contributed by atoms with Crippen molar-refractivity contribution in [2.75, 3.05) is 25.4 Å². The Morgan fingerprint density at radius 3 is 2.53 bits per heavy atom. The molecule has 0 saturated carbocycles. The van der Waals surface area contributed by atoms with Crippen molar-refractivity contribution in [3.63, 3.8) is 0 Å². The highest BCUT2D eigenvalue weighted by atomic mass is 32.2. The van der Waals surface area contributed by atoms with Crippen molar-refractivity contribution in [1.29, 1.82) is 0 Å². The standard InChI is InChI=1S/C10H24N4O2S/c1-4-17(15,16)14-7-5-6-12-10(11)13-8-9(2)3/h9,14H,4-8H2,1-3H3,(H3,11,12,13). The summed E-state index contributed by atoms with van der Waals surface area (Å²) in [5, 5.41) is 2.94. The van der Waals surface area contributed by atoms with E-state index in [0.717, 1.165) is 0 Å². The van der Waals surface area contributed by atoms with E-state index in [2.05, 4.69) is 28.9 Å². The molecule has 0 amide bonds. The fourth-order valence-electron chi connectivity index (χ4n) is 0.971. The molecule has 0 bridgehead atoms. The van der Waals surface area contributed by atoms with Gasteiger partial charge in [-0.05, 0) is 19.3 Å². The zero-order chi connectivity index (χ0) is 13.3. The van der Waals surface area contributed by atoms with Gasteiger partial charge in [-0.1, -0.05) is 13.8 Å². The summed E-state index contributed by atoms with van der Waals surface area (Å²) in [5.41, 5.74) is 5.62. The summed E-state index contributed by atoms with van der Waals surface area (Å²) >= 11 is 0. The van der Waals surface area contributed by atoms with Gasteiger partial charge in [-0.3, -0.25) is 4.99 Å². The van der Waals surface area contributed by atoms with E-state index >= 15 is 0 Å². The van der Waals surface area contributed by atoms with Gasteiger partial charge in [0, 0.05) is 19.6 Å². The second-order valence-corrected chi connectivity index (χ2v) is 6.29. The number of aliphatic imine (C=N–C) groups is 1. The largest absolute Gasteiger partial charge is 0.370 e. The molecule has 0 heterocycles. The van der Waals surface area contributed by atoms with Crippen LogP contribution < -0.4 is 15.8 Å². The minimum atomic E-state index is -3.08. The molecule has 0 aromatic carbocycles. The lowest BCUT2D eigenvalue weighted by atomic mass is 10.2. The van der Waals surface area contributed by atoms with Gasteiger partial charge in [-0.2, -0.15) is 0 Å². The van der Waals surface area contributed by atoms with Gasteiger partial charge < -0.3 is 11.1 Å². The fraction of sp³-hybridized carbons (Fsp3) is 0.900. The number of guanidine groups is 1. The highest BCUT2D eigenvalue weighted by Crippen LogP contribution is 1.90. The topological polar surface area (TPSA) is 96.6 Å². The molecule has 0 aliphatic carbocycles. The SMILES string of the molecule is CCS(=O)(=O)NCCCNC(N)=NCC(C)C. The molecule has 0 fully saturated rings. The van der Waals surface area contributed by atoms with Crippen molar-refractivity contribution >= 4 is 16.0 Å². The lowest BCUT2D eigenvalue weighted by Crippen LogP contribution is -2.35. The van der Waals surface area contributed by atoms with Gasteiger partial charge in [-0.15, -0.1) is 0 Å². The summed E-state index contributed by atoms with van der Waals surface area (Å²) in [7, 11) is -3.08. The molecular formula is C10H24N4O2S. The van der Waals surface area contributed by atoms with Crippen LogP contribution in [0.3, 0.4) is 0 Å². The molecule has 7 heteroatoms. The molecule has 102 valence electrons. The van der Waals surface area contributed by atoms with E-state index in [0.29, 0.717) is 37.9 Å². The van der Waals surface area contributed by atoms with Crippen molar-refractivity contribution in [2.45, 2.75) is 27.2 Å². The third-order valence-corrected chi connectivity index (χ3v) is 3.39. The Morgan fingerprint density at radius 2 is 2.00 bits per heavy atom. The number of hydrogen-bond acceptors (Lipinski definition) is 3. The van der Waals surface area contributed by atoms with Crippen LogP contribution in [0.2, 0.25) is 0 Å². The molecule has 0 aliphatic heterocycles. The smallest absolute Gasteiger partial charge is 0.211 e. The van der Waals surface area contributed by atoms with Crippen molar-refractivity contribution < 1.29 is 8.42 Å². The van der Waals surface area contributed by atoms with Gasteiger partial charge in [0.25, 0.3) is 0 Å². The van der Waals surface area contributed by atoms with Crippen LogP contribution >= 0.6 is 0 Å². The van der Waals surface area contributed by atoms with E-state index in [1.54, 1.807) is 6.92 Å². The molecule has 0 rings (SSSR count). The first kappa shape index (κ1) is 16.2. The summed E-state index contributed by atoms with van der Waals surface area (Å²) < 4.78 is 24.7. The summed E-state index contributed by atoms with van der Waals surface area (Å²) in [6, 6.07) is 0. The number of sulfonamides is 1. The summed E-state index contributed by atoms with van der Waals surface area (Å²) in [5.74, 6) is 1.00. The quantitative estimate of drug-likeness (QED) is 0.323. The average molecular weight is 264 g/mol. The van der Waals surface area contributed by atoms with Crippen LogP contribution in [0.1, 0.15) is 27.2 Å². The minimum Gasteiger partial charge on any atom is -0.370 e. The van der Waals surface area contributed by atoms with Gasteiger partial charge >= 0.3 is 0 Å². The third kappa shape index (κ3) is 10.1. The molecule has 0 spiro atoms. The van der Waals surface area contributed by atoms with E-state index in [-0.39, 0.29) is 5.75 Å². The fourth-order valence-corrected chi connectivity index (χ4v) is 1.63. The normalized spacial score (nSPS) is 13.1. The molecule has 6 nitrogen and oxygen atoms in total. The van der Waals surface area contributed by atoms with Crippen LogP contribution in [0, 0.1) is 5.92 Å². The second kappa shape index (κ2) is 8.30. The van der Waals surface area contributed by atoms with Gasteiger partial charge in [0.15, 0.2) is 5.96 Å². The van der Waals surface area contributed by atoms with Crippen molar-refractivity contribution in [3.05, 3.63) is 0 Å². The molecule has 0 radical (unpaired) electrons. The van der Waals surface area contributed by atoms with Crippen molar-refractivity contribution in [3.8, 4) is 0 Å². The summed E-state index contributed by atoms with van der Waals surface area (Å²) in [6.07, 6.45) is 0.678. The summed E-state index contributed by atoms with van der Waals surface area (Å²) in [4.78, 5) is 4.13. The molecule has 4 N–H and O–H groups in total. The second-order valence-electron chi connectivity index (χ2n) is 4.20. The van der Waals surface area contributed by atoms with E-state index in [1.807, 2.05) is 0 Å². The van der Waals surface area contributed by atoms with E-state index in [9.17, 15) is 8.42 Å². The predicted octanol–water partition coefficient (Wildman–Crippen LogP) is -0.124. The van der Waals surface area contributed by atoms with Crippen molar-refractivity contribution in [2.24, 2.45) is 16.6 Å². The van der Waals surface area contributed by atoms with Crippen LogP contribution in [0.15, 0.2) is 4.99 Å². The Morgan fingerprint density at radius 1 is 1.35 bits per heavy atom. The Kier molecular flexibility index (Phi) is 7.90. The monoisotopic (exact) mass is 264 g/mol. The molecule has 17 heavy (non-hydrogen) atoms. The number of nitrogens with one attached hydrogen (secondary N) is 2. The highest BCUT2D eigenvalue weighted by Gasteiger charge is 2.04. The van der Waals surface area contributed by atoms with Crippen LogP contribution in [-0.4, -0.2) is 39.8 Å². The maximum atomic E-state index is 11.1. The average Bonchev–Trinajstić information content (AvgIpc) is 2.25. The summed E-state index contributed by atoms with van der Waals surface area (Å²) in [6.45, 7) is 7.46. The number of hydrogen-bond donors (Lipinski definition) is 3. The van der Waals surface area contributed by atoms with Crippen LogP contribution in [0.25, 0.3) is 0 Å². The van der Waals surface area contributed by atoms with Crippen LogP contribution in [-0.2, 0) is 10.0 Å². The number of nitrogens with two attached hydrogens (primary N) is 1. The Hall–Kier alpha value is -0.820. The third-order valence-electron chi connectivity index (χ3n) is 1.99.